The number of hydrogen-bond acceptors (Lipinski definition) is 3. The molecule has 3 rings (SSSR count). The van der Waals surface area contributed by atoms with Gasteiger partial charge >= 0.3 is 0 Å². The lowest BCUT2D eigenvalue weighted by molar-refractivity contribution is -0.122. The number of sulfonamides is 1. The fourth-order valence-corrected chi connectivity index (χ4v) is 5.12. The summed E-state index contributed by atoms with van der Waals surface area (Å²) in [6.07, 6.45) is 1.41. The topological polar surface area (TPSA) is 66.5 Å². The number of amides is 1. The van der Waals surface area contributed by atoms with Crippen LogP contribution in [0.1, 0.15) is 36.1 Å². The van der Waals surface area contributed by atoms with E-state index < -0.39 is 22.1 Å². The third kappa shape index (κ3) is 5.50. The molecule has 0 unspecified atom stereocenters. The zero-order valence-corrected chi connectivity index (χ0v) is 19.9. The maximum absolute atomic E-state index is 13.5. The highest BCUT2D eigenvalue weighted by atomic mass is 35.5. The van der Waals surface area contributed by atoms with Gasteiger partial charge in [-0.15, -0.1) is 0 Å². The Bertz CT molecular complexity index is 1170. The van der Waals surface area contributed by atoms with Gasteiger partial charge in [0.25, 0.3) is 0 Å². The van der Waals surface area contributed by atoms with Gasteiger partial charge in [-0.05, 0) is 54.3 Å². The van der Waals surface area contributed by atoms with Crippen molar-refractivity contribution < 1.29 is 13.2 Å². The predicted molar refractivity (Wildman–Crippen MR) is 130 cm³/mol. The molecule has 0 heterocycles. The molecule has 2 atom stereocenters. The molecule has 1 N–H and O–H groups in total. The molecular weight excluding hydrogens is 444 g/mol. The summed E-state index contributed by atoms with van der Waals surface area (Å²) >= 11 is 5.98. The van der Waals surface area contributed by atoms with Crippen LogP contribution in [0.25, 0.3) is 0 Å². The molecule has 0 fully saturated rings. The van der Waals surface area contributed by atoms with Gasteiger partial charge < -0.3 is 5.32 Å². The molecule has 0 aliphatic heterocycles. The van der Waals surface area contributed by atoms with Crippen LogP contribution in [-0.2, 0) is 14.8 Å². The first kappa shape index (κ1) is 23.8. The van der Waals surface area contributed by atoms with E-state index in [1.165, 1.54) is 4.31 Å². The number of aryl methyl sites for hydroxylation is 1. The summed E-state index contributed by atoms with van der Waals surface area (Å²) in [4.78, 5) is 13.5. The first-order valence-corrected chi connectivity index (χ1v) is 12.6. The fourth-order valence-electron chi connectivity index (χ4n) is 3.78. The van der Waals surface area contributed by atoms with Crippen molar-refractivity contribution >= 4 is 33.2 Å². The molecule has 5 nitrogen and oxygen atoms in total. The van der Waals surface area contributed by atoms with Gasteiger partial charge in [-0.2, -0.15) is 0 Å². The molecule has 0 aliphatic carbocycles. The number of rotatable bonds is 8. The van der Waals surface area contributed by atoms with E-state index in [1.807, 2.05) is 61.5 Å². The van der Waals surface area contributed by atoms with Crippen LogP contribution < -0.4 is 9.62 Å². The molecule has 0 radical (unpaired) electrons. The lowest BCUT2D eigenvalue weighted by Crippen LogP contribution is -2.50. The van der Waals surface area contributed by atoms with E-state index in [2.05, 4.69) is 5.32 Å². The largest absolute Gasteiger partial charge is 0.343 e. The SMILES string of the molecule is CC[C@@H](C(=O)N[C@@H](c1ccccc1)c1ccccc1C)N(c1ccc(Cl)cc1)S(C)(=O)=O. The molecule has 0 aromatic heterocycles. The van der Waals surface area contributed by atoms with Crippen molar-refractivity contribution in [1.29, 1.82) is 0 Å². The standard InChI is InChI=1S/C25H27ClN2O3S/c1-4-23(28(32(3,30)31)21-16-14-20(26)15-17-21)25(29)27-24(19-11-6-5-7-12-19)22-13-9-8-10-18(22)2/h5-17,23-24H,4H2,1-3H3,(H,27,29)/t23-,24-/m0/s1. The van der Waals surface area contributed by atoms with Crippen molar-refractivity contribution in [2.75, 3.05) is 10.6 Å². The van der Waals surface area contributed by atoms with Gasteiger partial charge in [0.1, 0.15) is 6.04 Å². The molecule has 0 spiro atoms. The molecule has 3 aromatic carbocycles. The summed E-state index contributed by atoms with van der Waals surface area (Å²) in [7, 11) is -3.73. The quantitative estimate of drug-likeness (QED) is 0.498. The Kier molecular flexibility index (Phi) is 7.59. The number of carbonyl (C=O) groups excluding carboxylic acids is 1. The smallest absolute Gasteiger partial charge is 0.244 e. The molecule has 1 amide bonds. The summed E-state index contributed by atoms with van der Waals surface area (Å²) in [5, 5.41) is 3.59. The van der Waals surface area contributed by atoms with Crippen molar-refractivity contribution in [3.05, 3.63) is 101 Å². The maximum atomic E-state index is 13.5. The Balaban J connectivity index is 2.01. The third-order valence-electron chi connectivity index (χ3n) is 5.33. The third-order valence-corrected chi connectivity index (χ3v) is 6.76. The van der Waals surface area contributed by atoms with Gasteiger partial charge in [-0.3, -0.25) is 9.10 Å². The van der Waals surface area contributed by atoms with Gasteiger partial charge in [0.15, 0.2) is 0 Å². The van der Waals surface area contributed by atoms with Crippen LogP contribution in [0.3, 0.4) is 0 Å². The van der Waals surface area contributed by atoms with Crippen LogP contribution in [0.5, 0.6) is 0 Å². The Morgan fingerprint density at radius 1 is 0.969 bits per heavy atom. The van der Waals surface area contributed by atoms with E-state index in [-0.39, 0.29) is 5.91 Å². The van der Waals surface area contributed by atoms with Crippen molar-refractivity contribution in [2.45, 2.75) is 32.4 Å². The minimum atomic E-state index is -3.73. The van der Waals surface area contributed by atoms with Crippen LogP contribution in [0.15, 0.2) is 78.9 Å². The molecule has 0 bridgehead atoms. The summed E-state index contributed by atoms with van der Waals surface area (Å²) in [5.74, 6) is -0.370. The van der Waals surface area contributed by atoms with E-state index in [4.69, 9.17) is 11.6 Å². The van der Waals surface area contributed by atoms with Crippen LogP contribution >= 0.6 is 11.6 Å². The monoisotopic (exact) mass is 470 g/mol. The highest BCUT2D eigenvalue weighted by molar-refractivity contribution is 7.92. The van der Waals surface area contributed by atoms with E-state index in [0.717, 1.165) is 22.9 Å². The van der Waals surface area contributed by atoms with E-state index in [1.54, 1.807) is 31.2 Å². The van der Waals surface area contributed by atoms with Crippen molar-refractivity contribution in [2.24, 2.45) is 0 Å². The molecule has 0 saturated heterocycles. The van der Waals surface area contributed by atoms with Crippen LogP contribution in [0.2, 0.25) is 5.02 Å². The second kappa shape index (κ2) is 10.2. The summed E-state index contributed by atoms with van der Waals surface area (Å²) in [5.41, 5.74) is 3.31. The lowest BCUT2D eigenvalue weighted by atomic mass is 9.94. The van der Waals surface area contributed by atoms with Gasteiger partial charge in [0, 0.05) is 5.02 Å². The van der Waals surface area contributed by atoms with Crippen LogP contribution in [0, 0.1) is 6.92 Å². The Morgan fingerprint density at radius 3 is 2.12 bits per heavy atom. The lowest BCUT2D eigenvalue weighted by Gasteiger charge is -2.32. The molecular formula is C25H27ClN2O3S. The summed E-state index contributed by atoms with van der Waals surface area (Å²) < 4.78 is 26.6. The van der Waals surface area contributed by atoms with Crippen LogP contribution in [-0.4, -0.2) is 26.6 Å². The van der Waals surface area contributed by atoms with Gasteiger partial charge in [0.2, 0.25) is 15.9 Å². The molecule has 168 valence electrons. The summed E-state index contributed by atoms with van der Waals surface area (Å²) in [6, 6.07) is 22.6. The van der Waals surface area contributed by atoms with Crippen molar-refractivity contribution in [3.63, 3.8) is 0 Å². The highest BCUT2D eigenvalue weighted by Gasteiger charge is 2.33. The molecule has 3 aromatic rings. The van der Waals surface area contributed by atoms with Crippen molar-refractivity contribution in [1.82, 2.24) is 5.32 Å². The minimum absolute atomic E-state index is 0.302. The van der Waals surface area contributed by atoms with E-state index in [9.17, 15) is 13.2 Å². The Hall–Kier alpha value is -2.83. The zero-order chi connectivity index (χ0) is 23.3. The number of anilines is 1. The zero-order valence-electron chi connectivity index (χ0n) is 18.3. The number of carbonyl (C=O) groups is 1. The average Bonchev–Trinajstić information content (AvgIpc) is 2.77. The van der Waals surface area contributed by atoms with E-state index >= 15 is 0 Å². The molecule has 0 saturated carbocycles. The number of hydrogen-bond donors (Lipinski definition) is 1. The molecule has 32 heavy (non-hydrogen) atoms. The Morgan fingerprint density at radius 2 is 1.56 bits per heavy atom. The van der Waals surface area contributed by atoms with E-state index in [0.29, 0.717) is 17.1 Å². The normalized spacial score (nSPS) is 13.2. The molecule has 7 heteroatoms. The number of nitrogens with zero attached hydrogens (tertiary/aromatic N) is 1. The second-order valence-corrected chi connectivity index (χ2v) is 9.96. The second-order valence-electron chi connectivity index (χ2n) is 7.67. The number of halogens is 1. The average molecular weight is 471 g/mol. The number of nitrogens with one attached hydrogen (secondary N) is 1. The first-order valence-electron chi connectivity index (χ1n) is 10.4. The molecule has 0 aliphatic rings. The fraction of sp³-hybridized carbons (Fsp3) is 0.240. The highest BCUT2D eigenvalue weighted by Crippen LogP contribution is 2.28. The van der Waals surface area contributed by atoms with Crippen molar-refractivity contribution in [3.8, 4) is 0 Å². The minimum Gasteiger partial charge on any atom is -0.343 e. The number of benzene rings is 3. The maximum Gasteiger partial charge on any atom is 0.244 e. The predicted octanol–water partition coefficient (Wildman–Crippen LogP) is 5.10. The summed E-state index contributed by atoms with van der Waals surface area (Å²) in [6.45, 7) is 3.79. The van der Waals surface area contributed by atoms with Gasteiger partial charge in [-0.1, -0.05) is 73.1 Å². The van der Waals surface area contributed by atoms with Gasteiger partial charge in [-0.25, -0.2) is 8.42 Å². The first-order chi connectivity index (χ1) is 15.2. The Labute approximate surface area is 195 Å². The van der Waals surface area contributed by atoms with Crippen LogP contribution in [0.4, 0.5) is 5.69 Å². The van der Waals surface area contributed by atoms with Gasteiger partial charge in [0.05, 0.1) is 18.0 Å².